The van der Waals surface area contributed by atoms with Gasteiger partial charge in [-0.3, -0.25) is 4.79 Å². The second-order valence-electron chi connectivity index (χ2n) is 3.58. The molecular weight excluding hydrogens is 209 g/mol. The fourth-order valence-corrected chi connectivity index (χ4v) is 1.70. The summed E-state index contributed by atoms with van der Waals surface area (Å²) < 4.78 is 17.6. The first kappa shape index (κ1) is 10.7. The van der Waals surface area contributed by atoms with Crippen LogP contribution in [0.2, 0.25) is 0 Å². The highest BCUT2D eigenvalue weighted by atomic mass is 19.1. The van der Waals surface area contributed by atoms with Crippen LogP contribution >= 0.6 is 0 Å². The van der Waals surface area contributed by atoms with Crippen molar-refractivity contribution in [3.8, 4) is 0 Å². The second kappa shape index (κ2) is 4.35. The molecule has 0 atom stereocenters. The maximum absolute atomic E-state index is 13.1. The van der Waals surface area contributed by atoms with E-state index in [9.17, 15) is 9.18 Å². The molecular formula is C12H12FNO2. The van der Waals surface area contributed by atoms with Gasteiger partial charge in [-0.2, -0.15) is 0 Å². The van der Waals surface area contributed by atoms with Gasteiger partial charge in [0.05, 0.1) is 7.11 Å². The van der Waals surface area contributed by atoms with Crippen molar-refractivity contribution in [1.82, 2.24) is 4.98 Å². The lowest BCUT2D eigenvalue weighted by atomic mass is 10.1. The van der Waals surface area contributed by atoms with E-state index < -0.39 is 0 Å². The van der Waals surface area contributed by atoms with Gasteiger partial charge in [-0.05, 0) is 30.2 Å². The summed E-state index contributed by atoms with van der Waals surface area (Å²) in [5.74, 6) is -0.530. The molecule has 0 aliphatic rings. The smallest absolute Gasteiger partial charge is 0.305 e. The molecule has 0 bridgehead atoms. The minimum Gasteiger partial charge on any atom is -0.469 e. The minimum absolute atomic E-state index is 0.259. The summed E-state index contributed by atoms with van der Waals surface area (Å²) in [7, 11) is 1.36. The number of benzene rings is 1. The van der Waals surface area contributed by atoms with E-state index in [2.05, 4.69) is 9.72 Å². The lowest BCUT2D eigenvalue weighted by molar-refractivity contribution is -0.140. The molecule has 4 heteroatoms. The van der Waals surface area contributed by atoms with E-state index in [0.717, 1.165) is 16.5 Å². The molecule has 0 aliphatic heterocycles. The van der Waals surface area contributed by atoms with Gasteiger partial charge >= 0.3 is 5.97 Å². The molecule has 84 valence electrons. The lowest BCUT2D eigenvalue weighted by Crippen LogP contribution is -2.01. The zero-order valence-corrected chi connectivity index (χ0v) is 8.92. The number of aromatic nitrogens is 1. The zero-order chi connectivity index (χ0) is 11.5. The number of hydrogen-bond donors (Lipinski definition) is 1. The summed E-state index contributed by atoms with van der Waals surface area (Å²) in [5.41, 5.74) is 1.81. The Labute approximate surface area is 92.2 Å². The van der Waals surface area contributed by atoms with Gasteiger partial charge in [0.1, 0.15) is 5.82 Å². The Morgan fingerprint density at radius 2 is 2.31 bits per heavy atom. The fraction of sp³-hybridized carbons (Fsp3) is 0.250. The molecule has 1 N–H and O–H groups in total. The number of carbonyl (C=O) groups is 1. The average Bonchev–Trinajstić information content (AvgIpc) is 2.68. The van der Waals surface area contributed by atoms with Crippen LogP contribution in [0, 0.1) is 5.82 Å². The first-order valence-electron chi connectivity index (χ1n) is 5.03. The molecule has 1 heterocycles. The number of hydrogen-bond acceptors (Lipinski definition) is 2. The van der Waals surface area contributed by atoms with Crippen molar-refractivity contribution in [2.75, 3.05) is 7.11 Å². The van der Waals surface area contributed by atoms with Gasteiger partial charge in [-0.15, -0.1) is 0 Å². The predicted molar refractivity (Wildman–Crippen MR) is 58.6 cm³/mol. The van der Waals surface area contributed by atoms with Crippen molar-refractivity contribution in [3.63, 3.8) is 0 Å². The molecule has 1 aromatic carbocycles. The van der Waals surface area contributed by atoms with Crippen LogP contribution in [-0.4, -0.2) is 18.1 Å². The van der Waals surface area contributed by atoms with E-state index in [-0.39, 0.29) is 11.8 Å². The monoisotopic (exact) mass is 221 g/mol. The Morgan fingerprint density at radius 1 is 1.50 bits per heavy atom. The number of aryl methyl sites for hydroxylation is 1. The number of nitrogens with one attached hydrogen (secondary N) is 1. The predicted octanol–water partition coefficient (Wildman–Crippen LogP) is 2.41. The van der Waals surface area contributed by atoms with Gasteiger partial charge in [0, 0.05) is 23.5 Å². The Kier molecular flexibility index (Phi) is 2.90. The molecule has 2 rings (SSSR count). The molecule has 2 aromatic rings. The number of methoxy groups -OCH3 is 1. The van der Waals surface area contributed by atoms with Gasteiger partial charge in [0.2, 0.25) is 0 Å². The largest absolute Gasteiger partial charge is 0.469 e. The molecule has 0 unspecified atom stereocenters. The Bertz CT molecular complexity index is 519. The molecule has 3 nitrogen and oxygen atoms in total. The van der Waals surface area contributed by atoms with Crippen LogP contribution in [0.15, 0.2) is 24.4 Å². The van der Waals surface area contributed by atoms with E-state index in [1.807, 2.05) is 0 Å². The Hall–Kier alpha value is -1.84. The van der Waals surface area contributed by atoms with Gasteiger partial charge in [-0.1, -0.05) is 0 Å². The third-order valence-electron chi connectivity index (χ3n) is 2.56. The quantitative estimate of drug-likeness (QED) is 0.809. The SMILES string of the molecule is COC(=O)CCc1c[nH]c2ccc(F)cc12. The van der Waals surface area contributed by atoms with Gasteiger partial charge in [0.25, 0.3) is 0 Å². The van der Waals surface area contributed by atoms with Crippen molar-refractivity contribution in [3.05, 3.63) is 35.8 Å². The molecule has 0 saturated heterocycles. The Balaban J connectivity index is 2.24. The highest BCUT2D eigenvalue weighted by molar-refractivity contribution is 5.83. The van der Waals surface area contributed by atoms with Crippen molar-refractivity contribution in [1.29, 1.82) is 0 Å². The molecule has 0 saturated carbocycles. The van der Waals surface area contributed by atoms with E-state index in [1.54, 1.807) is 12.3 Å². The Morgan fingerprint density at radius 3 is 3.06 bits per heavy atom. The number of rotatable bonds is 3. The molecule has 0 radical (unpaired) electrons. The number of aromatic amines is 1. The summed E-state index contributed by atoms with van der Waals surface area (Å²) in [5, 5.41) is 0.823. The zero-order valence-electron chi connectivity index (χ0n) is 8.92. The van der Waals surface area contributed by atoms with Crippen molar-refractivity contribution < 1.29 is 13.9 Å². The van der Waals surface area contributed by atoms with E-state index in [0.29, 0.717) is 12.8 Å². The van der Waals surface area contributed by atoms with Crippen LogP contribution in [0.1, 0.15) is 12.0 Å². The molecule has 0 fully saturated rings. The third-order valence-corrected chi connectivity index (χ3v) is 2.56. The summed E-state index contributed by atoms with van der Waals surface area (Å²) >= 11 is 0. The maximum Gasteiger partial charge on any atom is 0.305 e. The number of esters is 1. The summed E-state index contributed by atoms with van der Waals surface area (Å²) in [4.78, 5) is 14.0. The molecule has 0 aliphatic carbocycles. The molecule has 16 heavy (non-hydrogen) atoms. The van der Waals surface area contributed by atoms with Crippen LogP contribution in [-0.2, 0) is 16.0 Å². The fourth-order valence-electron chi connectivity index (χ4n) is 1.70. The van der Waals surface area contributed by atoms with E-state index >= 15 is 0 Å². The normalized spacial score (nSPS) is 10.6. The lowest BCUT2D eigenvalue weighted by Gasteiger charge is -1.98. The van der Waals surface area contributed by atoms with Crippen molar-refractivity contribution in [2.24, 2.45) is 0 Å². The van der Waals surface area contributed by atoms with Gasteiger partial charge in [0.15, 0.2) is 0 Å². The van der Waals surface area contributed by atoms with Crippen LogP contribution in [0.4, 0.5) is 4.39 Å². The van der Waals surface area contributed by atoms with Gasteiger partial charge < -0.3 is 9.72 Å². The van der Waals surface area contributed by atoms with Crippen LogP contribution in [0.25, 0.3) is 10.9 Å². The highest BCUT2D eigenvalue weighted by Crippen LogP contribution is 2.20. The summed E-state index contributed by atoms with van der Waals surface area (Å²) in [6.07, 6.45) is 2.66. The maximum atomic E-state index is 13.1. The standard InChI is InChI=1S/C12H12FNO2/c1-16-12(15)5-2-8-7-14-11-4-3-9(13)6-10(8)11/h3-4,6-7,14H,2,5H2,1H3. The van der Waals surface area contributed by atoms with E-state index in [4.69, 9.17) is 0 Å². The van der Waals surface area contributed by atoms with Crippen LogP contribution in [0.5, 0.6) is 0 Å². The van der Waals surface area contributed by atoms with Crippen molar-refractivity contribution >= 4 is 16.9 Å². The van der Waals surface area contributed by atoms with Crippen molar-refractivity contribution in [2.45, 2.75) is 12.8 Å². The van der Waals surface area contributed by atoms with Crippen LogP contribution < -0.4 is 0 Å². The summed E-state index contributed by atoms with van der Waals surface area (Å²) in [6, 6.07) is 4.56. The number of H-pyrrole nitrogens is 1. The third kappa shape index (κ3) is 2.05. The first-order chi connectivity index (χ1) is 7.70. The average molecular weight is 221 g/mol. The number of fused-ring (bicyclic) bond motifs is 1. The highest BCUT2D eigenvalue weighted by Gasteiger charge is 2.07. The first-order valence-corrected chi connectivity index (χ1v) is 5.03. The van der Waals surface area contributed by atoms with E-state index in [1.165, 1.54) is 19.2 Å². The molecule has 0 amide bonds. The summed E-state index contributed by atoms with van der Waals surface area (Å²) in [6.45, 7) is 0. The van der Waals surface area contributed by atoms with Gasteiger partial charge in [-0.25, -0.2) is 4.39 Å². The topological polar surface area (TPSA) is 42.1 Å². The number of carbonyl (C=O) groups excluding carboxylic acids is 1. The molecule has 0 spiro atoms. The second-order valence-corrected chi connectivity index (χ2v) is 3.58. The van der Waals surface area contributed by atoms with Crippen LogP contribution in [0.3, 0.4) is 0 Å². The molecule has 1 aromatic heterocycles. The number of ether oxygens (including phenoxy) is 1. The minimum atomic E-state index is -0.272. The number of halogens is 1.